The molecule has 2 aromatic rings. The summed E-state index contributed by atoms with van der Waals surface area (Å²) in [5, 5.41) is 2.61. The Morgan fingerprint density at radius 1 is 1.05 bits per heavy atom. The van der Waals surface area contributed by atoms with Crippen LogP contribution in [0, 0.1) is 17.5 Å². The predicted octanol–water partition coefficient (Wildman–Crippen LogP) is 3.99. The van der Waals surface area contributed by atoms with Crippen molar-refractivity contribution in [3.05, 3.63) is 35.3 Å². The average Bonchev–Trinajstić information content (AvgIpc) is 2.33. The minimum absolute atomic E-state index is 0.157. The Morgan fingerprint density at radius 2 is 1.68 bits per heavy atom. The second-order valence-corrected chi connectivity index (χ2v) is 5.43. The maximum absolute atomic E-state index is 13.8. The molecule has 0 fully saturated rings. The molecule has 5 heteroatoms. The van der Waals surface area contributed by atoms with Crippen LogP contribution in [0.3, 0.4) is 0 Å². The van der Waals surface area contributed by atoms with E-state index in [1.54, 1.807) is 13.1 Å². The van der Waals surface area contributed by atoms with Crippen molar-refractivity contribution in [2.75, 3.05) is 12.4 Å². The molecule has 0 spiro atoms. The summed E-state index contributed by atoms with van der Waals surface area (Å²) in [4.78, 5) is 4.13. The highest BCUT2D eigenvalue weighted by Gasteiger charge is 2.22. The van der Waals surface area contributed by atoms with Gasteiger partial charge in [-0.3, -0.25) is 0 Å². The van der Waals surface area contributed by atoms with Gasteiger partial charge in [-0.2, -0.15) is 0 Å². The summed E-state index contributed by atoms with van der Waals surface area (Å²) in [6.07, 6.45) is 0. The third-order valence-corrected chi connectivity index (χ3v) is 2.97. The van der Waals surface area contributed by atoms with E-state index in [1.165, 1.54) is 0 Å². The number of hydrogen-bond acceptors (Lipinski definition) is 2. The Morgan fingerprint density at radius 3 is 2.21 bits per heavy atom. The fourth-order valence-electron chi connectivity index (χ4n) is 1.88. The lowest BCUT2D eigenvalue weighted by atomic mass is 9.90. The van der Waals surface area contributed by atoms with E-state index in [-0.39, 0.29) is 16.3 Å². The molecule has 2 nitrogen and oxygen atoms in total. The largest absolute Gasteiger partial charge is 0.387 e. The number of aromatic nitrogens is 1. The lowest BCUT2D eigenvalue weighted by molar-refractivity contribution is 0.504. The summed E-state index contributed by atoms with van der Waals surface area (Å²) < 4.78 is 40.9. The molecule has 0 bridgehead atoms. The number of hydrogen-bond donors (Lipinski definition) is 1. The van der Waals surface area contributed by atoms with Gasteiger partial charge in [-0.1, -0.05) is 20.8 Å². The number of fused-ring (bicyclic) bond motifs is 1. The van der Waals surface area contributed by atoms with Crippen molar-refractivity contribution < 1.29 is 13.2 Å². The summed E-state index contributed by atoms with van der Waals surface area (Å²) in [6, 6.07) is 2.14. The van der Waals surface area contributed by atoms with Crippen LogP contribution in [0.2, 0.25) is 0 Å². The van der Waals surface area contributed by atoms with Crippen molar-refractivity contribution in [1.82, 2.24) is 4.98 Å². The van der Waals surface area contributed by atoms with Gasteiger partial charge < -0.3 is 5.32 Å². The lowest BCUT2D eigenvalue weighted by Gasteiger charge is -2.20. The minimum Gasteiger partial charge on any atom is -0.387 e. The van der Waals surface area contributed by atoms with Crippen molar-refractivity contribution in [2.45, 2.75) is 26.2 Å². The minimum atomic E-state index is -1.22. The van der Waals surface area contributed by atoms with Gasteiger partial charge in [0.15, 0.2) is 17.5 Å². The highest BCUT2D eigenvalue weighted by atomic mass is 19.2. The number of benzene rings is 1. The van der Waals surface area contributed by atoms with Crippen LogP contribution in [0.15, 0.2) is 12.1 Å². The van der Waals surface area contributed by atoms with Gasteiger partial charge in [0.2, 0.25) is 0 Å². The van der Waals surface area contributed by atoms with E-state index in [0.29, 0.717) is 17.4 Å². The standard InChI is InChI=1S/C14H15F3N2/c1-14(2,3)10-6-9(18-4)11-12(17)7(15)5-8(16)13(11)19-10/h5-6H,1-4H3,(H,18,19). The summed E-state index contributed by atoms with van der Waals surface area (Å²) in [6.45, 7) is 5.75. The van der Waals surface area contributed by atoms with E-state index in [0.717, 1.165) is 0 Å². The van der Waals surface area contributed by atoms with Crippen LogP contribution in [-0.4, -0.2) is 12.0 Å². The predicted molar refractivity (Wildman–Crippen MR) is 69.9 cm³/mol. The van der Waals surface area contributed by atoms with E-state index in [4.69, 9.17) is 0 Å². The molecule has 2 rings (SSSR count). The SMILES string of the molecule is CNc1cc(C(C)(C)C)nc2c(F)cc(F)c(F)c12. The summed E-state index contributed by atoms with van der Waals surface area (Å²) in [7, 11) is 1.57. The number of pyridine rings is 1. The van der Waals surface area contributed by atoms with E-state index < -0.39 is 17.5 Å². The number of halogens is 3. The molecular weight excluding hydrogens is 253 g/mol. The zero-order valence-electron chi connectivity index (χ0n) is 11.2. The van der Waals surface area contributed by atoms with E-state index in [1.807, 2.05) is 20.8 Å². The molecule has 1 aromatic heterocycles. The molecule has 0 radical (unpaired) electrons. The summed E-state index contributed by atoms with van der Waals surface area (Å²) >= 11 is 0. The molecule has 1 N–H and O–H groups in total. The van der Waals surface area contributed by atoms with Crippen LogP contribution in [-0.2, 0) is 5.41 Å². The van der Waals surface area contributed by atoms with Crippen molar-refractivity contribution >= 4 is 16.6 Å². The normalized spacial score (nSPS) is 11.9. The zero-order valence-corrected chi connectivity index (χ0v) is 11.2. The van der Waals surface area contributed by atoms with E-state index >= 15 is 0 Å². The van der Waals surface area contributed by atoms with Crippen LogP contribution < -0.4 is 5.32 Å². The fraction of sp³-hybridized carbons (Fsp3) is 0.357. The van der Waals surface area contributed by atoms with Gasteiger partial charge in [-0.05, 0) is 6.07 Å². The van der Waals surface area contributed by atoms with Crippen molar-refractivity contribution in [3.8, 4) is 0 Å². The first-order valence-electron chi connectivity index (χ1n) is 5.92. The smallest absolute Gasteiger partial charge is 0.170 e. The quantitative estimate of drug-likeness (QED) is 0.791. The molecule has 0 aliphatic heterocycles. The van der Waals surface area contributed by atoms with Crippen molar-refractivity contribution in [1.29, 1.82) is 0 Å². The Hall–Kier alpha value is -1.78. The van der Waals surface area contributed by atoms with Crippen LogP contribution in [0.1, 0.15) is 26.5 Å². The molecule has 0 unspecified atom stereocenters. The highest BCUT2D eigenvalue weighted by molar-refractivity contribution is 5.92. The third-order valence-electron chi connectivity index (χ3n) is 2.97. The summed E-state index contributed by atoms with van der Waals surface area (Å²) in [5.74, 6) is -3.17. The van der Waals surface area contributed by atoms with Gasteiger partial charge in [0.25, 0.3) is 0 Å². The maximum Gasteiger partial charge on any atom is 0.170 e. The van der Waals surface area contributed by atoms with Gasteiger partial charge in [0.05, 0.1) is 5.39 Å². The van der Waals surface area contributed by atoms with Gasteiger partial charge in [0, 0.05) is 29.9 Å². The first kappa shape index (κ1) is 13.6. The Labute approximate surface area is 109 Å². The second-order valence-electron chi connectivity index (χ2n) is 5.43. The first-order chi connectivity index (χ1) is 8.75. The van der Waals surface area contributed by atoms with Crippen LogP contribution in [0.5, 0.6) is 0 Å². The number of anilines is 1. The lowest BCUT2D eigenvalue weighted by Crippen LogP contribution is -2.15. The number of rotatable bonds is 1. The van der Waals surface area contributed by atoms with E-state index in [9.17, 15) is 13.2 Å². The molecule has 0 saturated heterocycles. The molecule has 1 heterocycles. The number of nitrogens with one attached hydrogen (secondary N) is 1. The van der Waals surface area contributed by atoms with Crippen molar-refractivity contribution in [2.24, 2.45) is 0 Å². The molecule has 19 heavy (non-hydrogen) atoms. The van der Waals surface area contributed by atoms with Gasteiger partial charge in [-0.15, -0.1) is 0 Å². The van der Waals surface area contributed by atoms with Crippen LogP contribution >= 0.6 is 0 Å². The molecule has 102 valence electrons. The Bertz CT molecular complexity index is 645. The van der Waals surface area contributed by atoms with Gasteiger partial charge >= 0.3 is 0 Å². The molecule has 0 aliphatic carbocycles. The topological polar surface area (TPSA) is 24.9 Å². The molecule has 1 aromatic carbocycles. The Kier molecular flexibility index (Phi) is 3.16. The van der Waals surface area contributed by atoms with Gasteiger partial charge in [-0.25, -0.2) is 18.2 Å². The summed E-state index contributed by atoms with van der Waals surface area (Å²) in [5.41, 5.74) is 0.452. The molecule has 0 aliphatic rings. The van der Waals surface area contributed by atoms with Crippen LogP contribution in [0.25, 0.3) is 10.9 Å². The maximum atomic E-state index is 13.8. The van der Waals surface area contributed by atoms with Gasteiger partial charge in [0.1, 0.15) is 5.52 Å². The molecule has 0 amide bonds. The third kappa shape index (κ3) is 2.25. The second kappa shape index (κ2) is 4.40. The first-order valence-corrected chi connectivity index (χ1v) is 5.92. The van der Waals surface area contributed by atoms with E-state index in [2.05, 4.69) is 10.3 Å². The highest BCUT2D eigenvalue weighted by Crippen LogP contribution is 2.32. The zero-order chi connectivity index (χ0) is 14.4. The molecule has 0 atom stereocenters. The average molecular weight is 268 g/mol. The monoisotopic (exact) mass is 268 g/mol. The Balaban J connectivity index is 2.93. The molecule has 0 saturated carbocycles. The number of nitrogens with zero attached hydrogens (tertiary/aromatic N) is 1. The van der Waals surface area contributed by atoms with Crippen LogP contribution in [0.4, 0.5) is 18.9 Å². The molecular formula is C14H15F3N2. The van der Waals surface area contributed by atoms with Crippen molar-refractivity contribution in [3.63, 3.8) is 0 Å². The fourth-order valence-corrected chi connectivity index (χ4v) is 1.88.